The number of carboxylic acids is 1. The Morgan fingerprint density at radius 3 is 1.58 bits per heavy atom. The highest BCUT2D eigenvalue weighted by Crippen LogP contribution is 2.42. The summed E-state index contributed by atoms with van der Waals surface area (Å²) >= 11 is 0. The molecule has 2 unspecified atom stereocenters. The Balaban J connectivity index is 0.000000164. The molecule has 6 aromatic rings. The van der Waals surface area contributed by atoms with E-state index in [4.69, 9.17) is 23.7 Å². The van der Waals surface area contributed by atoms with Gasteiger partial charge in [0.1, 0.15) is 46.2 Å². The number of methoxy groups -OCH3 is 3. The second-order valence-corrected chi connectivity index (χ2v) is 15.6. The summed E-state index contributed by atoms with van der Waals surface area (Å²) in [4.78, 5) is 25.6. The standard InChI is InChI=1S/C25H22F2N2O4.C24H20F2N2O4/c1-31-24-17(4-3-8-28-24)22-18-12-21-14(7-9-33-21)11-20(18)29(23(22)25(30)32-2)13-15-10-16(26)5-6-19(15)27;1-31-23-16(3-2-7-27-23)21-17-11-20-13(6-8-32-20)10-19(17)28(22(21)24(29)30)12-14-9-15(25)4-5-18(14)26/h3-6,8,10-12,24,28H,7,9,13H2,1-2H3;2-5,7,9-11,23,27H,6,8,12H2,1H3,(H,29,30). The van der Waals surface area contributed by atoms with E-state index in [1.807, 2.05) is 36.4 Å². The third-order valence-electron chi connectivity index (χ3n) is 11.9. The number of ether oxygens (including phenoxy) is 5. The number of fused-ring (bicyclic) bond motifs is 4. The summed E-state index contributed by atoms with van der Waals surface area (Å²) in [5.41, 5.74) is 5.99. The smallest absolute Gasteiger partial charge is 0.355 e. The number of carboxylic acid groups (broad SMARTS) is 1. The number of hydrogen-bond donors (Lipinski definition) is 3. The number of rotatable bonds is 10. The zero-order chi connectivity index (χ0) is 45.5. The highest BCUT2D eigenvalue weighted by molar-refractivity contribution is 6.08. The van der Waals surface area contributed by atoms with E-state index in [2.05, 4.69) is 10.6 Å². The molecule has 12 nitrogen and oxygen atoms in total. The van der Waals surface area contributed by atoms with Gasteiger partial charge in [0.2, 0.25) is 0 Å². The summed E-state index contributed by atoms with van der Waals surface area (Å²) < 4.78 is 87.8. The number of nitrogens with one attached hydrogen (secondary N) is 2. The van der Waals surface area contributed by atoms with E-state index in [1.54, 1.807) is 36.2 Å². The molecule has 334 valence electrons. The number of carbonyl (C=O) groups excluding carboxylic acids is 1. The predicted octanol–water partition coefficient (Wildman–Crippen LogP) is 8.24. The Bertz CT molecular complexity index is 3040. The molecule has 0 bridgehead atoms. The minimum absolute atomic E-state index is 0.0299. The summed E-state index contributed by atoms with van der Waals surface area (Å²) in [5.74, 6) is -2.65. The number of aromatic carboxylic acids is 1. The van der Waals surface area contributed by atoms with Crippen LogP contribution < -0.4 is 20.1 Å². The van der Waals surface area contributed by atoms with Crippen molar-refractivity contribution < 1.29 is 55.9 Å². The Hall–Kier alpha value is -7.30. The van der Waals surface area contributed by atoms with Gasteiger partial charge in [-0.1, -0.05) is 12.2 Å². The average Bonchev–Trinajstić information content (AvgIpc) is 4.11. The molecule has 2 atom stereocenters. The first-order valence-corrected chi connectivity index (χ1v) is 20.6. The summed E-state index contributed by atoms with van der Waals surface area (Å²) in [6.45, 7) is 0.899. The Labute approximate surface area is 369 Å². The molecule has 6 heterocycles. The maximum absolute atomic E-state index is 14.6. The molecule has 2 aromatic heterocycles. The van der Waals surface area contributed by atoms with Crippen LogP contribution in [0.5, 0.6) is 11.5 Å². The number of benzene rings is 4. The van der Waals surface area contributed by atoms with Crippen molar-refractivity contribution in [3.63, 3.8) is 0 Å². The third kappa shape index (κ3) is 7.88. The molecule has 4 aliphatic rings. The van der Waals surface area contributed by atoms with Gasteiger partial charge in [-0.05, 0) is 96.3 Å². The summed E-state index contributed by atoms with van der Waals surface area (Å²) in [5, 5.41) is 17.8. The van der Waals surface area contributed by atoms with Gasteiger partial charge in [-0.25, -0.2) is 27.2 Å². The van der Waals surface area contributed by atoms with E-state index in [9.17, 15) is 32.3 Å². The van der Waals surface area contributed by atoms with E-state index >= 15 is 0 Å². The fourth-order valence-electron chi connectivity index (χ4n) is 8.91. The Morgan fingerprint density at radius 1 is 0.677 bits per heavy atom. The SMILES string of the molecule is COC(=O)c1c(C2=CC=CNC2OC)c2cc3c(cc2n1Cc1cc(F)ccc1F)CCO3.COC1NC=CC=C1c1c(C(=O)O)n(Cc2cc(F)ccc2F)c2cc3c(cc12)OCC3. The van der Waals surface area contributed by atoms with Gasteiger partial charge >= 0.3 is 11.9 Å². The molecule has 4 aromatic carbocycles. The van der Waals surface area contributed by atoms with E-state index in [0.29, 0.717) is 64.1 Å². The first-order valence-electron chi connectivity index (χ1n) is 20.6. The van der Waals surface area contributed by atoms with Crippen molar-refractivity contribution in [2.24, 2.45) is 0 Å². The van der Waals surface area contributed by atoms with Crippen molar-refractivity contribution in [1.82, 2.24) is 19.8 Å². The molecule has 0 radical (unpaired) electrons. The van der Waals surface area contributed by atoms with Crippen molar-refractivity contribution in [3.05, 3.63) is 165 Å². The molecule has 0 amide bonds. The lowest BCUT2D eigenvalue weighted by atomic mass is 9.97. The maximum Gasteiger partial charge on any atom is 0.355 e. The van der Waals surface area contributed by atoms with E-state index in [1.165, 1.54) is 18.8 Å². The van der Waals surface area contributed by atoms with Crippen LogP contribution in [0.2, 0.25) is 0 Å². The maximum atomic E-state index is 14.6. The Kier molecular flexibility index (Phi) is 11.7. The zero-order valence-corrected chi connectivity index (χ0v) is 35.3. The molecule has 0 spiro atoms. The van der Waals surface area contributed by atoms with E-state index < -0.39 is 47.7 Å². The molecule has 0 fully saturated rings. The van der Waals surface area contributed by atoms with Gasteiger partial charge in [0.25, 0.3) is 0 Å². The number of dihydropyridines is 2. The van der Waals surface area contributed by atoms with Crippen LogP contribution in [0.4, 0.5) is 17.6 Å². The molecule has 0 saturated heterocycles. The van der Waals surface area contributed by atoms with Crippen LogP contribution >= 0.6 is 0 Å². The number of esters is 1. The molecule has 65 heavy (non-hydrogen) atoms. The Morgan fingerprint density at radius 2 is 1.14 bits per heavy atom. The lowest BCUT2D eigenvalue weighted by Crippen LogP contribution is -2.30. The van der Waals surface area contributed by atoms with E-state index in [0.717, 1.165) is 65.1 Å². The van der Waals surface area contributed by atoms with Crippen LogP contribution in [0.1, 0.15) is 54.4 Å². The highest BCUT2D eigenvalue weighted by atomic mass is 19.1. The molecular formula is C49H42F4N4O8. The van der Waals surface area contributed by atoms with Crippen molar-refractivity contribution in [3.8, 4) is 11.5 Å². The first kappa shape index (κ1) is 43.0. The molecule has 0 aliphatic carbocycles. The van der Waals surface area contributed by atoms with Crippen LogP contribution in [0.25, 0.3) is 33.0 Å². The first-order chi connectivity index (χ1) is 31.5. The molecule has 10 rings (SSSR count). The van der Waals surface area contributed by atoms with Gasteiger partial charge in [0, 0.05) is 71.2 Å². The van der Waals surface area contributed by atoms with Crippen LogP contribution in [0, 0.1) is 23.3 Å². The molecule has 3 N–H and O–H groups in total. The van der Waals surface area contributed by atoms with Crippen molar-refractivity contribution in [1.29, 1.82) is 0 Å². The predicted molar refractivity (Wildman–Crippen MR) is 234 cm³/mol. The molecular weight excluding hydrogens is 849 g/mol. The zero-order valence-electron chi connectivity index (χ0n) is 35.3. The lowest BCUT2D eigenvalue weighted by molar-refractivity contribution is 0.0587. The normalized spacial score (nSPS) is 17.0. The number of allylic oxidation sites excluding steroid dienone is 4. The lowest BCUT2D eigenvalue weighted by Gasteiger charge is -2.22. The van der Waals surface area contributed by atoms with Gasteiger partial charge in [-0.15, -0.1) is 0 Å². The van der Waals surface area contributed by atoms with Crippen LogP contribution in [0.3, 0.4) is 0 Å². The number of carbonyl (C=O) groups is 2. The van der Waals surface area contributed by atoms with E-state index in [-0.39, 0.29) is 35.6 Å². The van der Waals surface area contributed by atoms with Crippen LogP contribution in [0.15, 0.2) is 97.4 Å². The average molecular weight is 891 g/mol. The fourth-order valence-corrected chi connectivity index (χ4v) is 8.91. The third-order valence-corrected chi connectivity index (χ3v) is 11.9. The van der Waals surface area contributed by atoms with Gasteiger partial charge in [-0.3, -0.25) is 0 Å². The second-order valence-electron chi connectivity index (χ2n) is 15.6. The van der Waals surface area contributed by atoms with Gasteiger partial charge in [-0.2, -0.15) is 0 Å². The molecule has 16 heteroatoms. The quantitative estimate of drug-likeness (QED) is 0.0913. The van der Waals surface area contributed by atoms with Crippen LogP contribution in [-0.2, 0) is 40.1 Å². The molecule has 0 saturated carbocycles. The molecule has 4 aliphatic heterocycles. The van der Waals surface area contributed by atoms with Gasteiger partial charge < -0.3 is 48.6 Å². The summed E-state index contributed by atoms with van der Waals surface area (Å²) in [7, 11) is 4.37. The van der Waals surface area contributed by atoms with Crippen molar-refractivity contribution in [2.75, 3.05) is 34.5 Å². The number of hydrogen-bond acceptors (Lipinski definition) is 9. The highest BCUT2D eigenvalue weighted by Gasteiger charge is 2.33. The summed E-state index contributed by atoms with van der Waals surface area (Å²) in [6, 6.07) is 14.0. The minimum Gasteiger partial charge on any atom is -0.493 e. The topological polar surface area (TPSA) is 134 Å². The number of halogens is 4. The number of nitrogens with zero attached hydrogens (tertiary/aromatic N) is 2. The monoisotopic (exact) mass is 890 g/mol. The van der Waals surface area contributed by atoms with Crippen molar-refractivity contribution in [2.45, 2.75) is 38.4 Å². The minimum atomic E-state index is -1.18. The van der Waals surface area contributed by atoms with Gasteiger partial charge in [0.05, 0.1) is 44.4 Å². The van der Waals surface area contributed by atoms with Crippen LogP contribution in [-0.4, -0.2) is 73.2 Å². The largest absolute Gasteiger partial charge is 0.493 e. The second kappa shape index (κ2) is 17.7. The fraction of sp³-hybridized carbons (Fsp3) is 0.224. The number of aromatic nitrogens is 2. The van der Waals surface area contributed by atoms with Gasteiger partial charge in [0.15, 0.2) is 12.5 Å². The van der Waals surface area contributed by atoms with Crippen molar-refractivity contribution >= 4 is 44.9 Å². The summed E-state index contributed by atoms with van der Waals surface area (Å²) in [6.07, 6.45) is 11.0.